The lowest BCUT2D eigenvalue weighted by atomic mass is 9.89. The van der Waals surface area contributed by atoms with E-state index in [1.807, 2.05) is 0 Å². The smallest absolute Gasteiger partial charge is 0.234 e. The van der Waals surface area contributed by atoms with Crippen LogP contribution in [-0.2, 0) is 9.53 Å². The summed E-state index contributed by atoms with van der Waals surface area (Å²) >= 11 is 0. The fraction of sp³-hybridized carbons (Fsp3) is 0.933. The lowest BCUT2D eigenvalue weighted by Gasteiger charge is -2.34. The number of rotatable bonds is 7. The third kappa shape index (κ3) is 4.72. The molecule has 2 saturated heterocycles. The molecule has 0 aliphatic carbocycles. The number of piperidine rings is 1. The van der Waals surface area contributed by atoms with Crippen LogP contribution in [0.3, 0.4) is 0 Å². The van der Waals surface area contributed by atoms with Crippen molar-refractivity contribution in [2.75, 3.05) is 46.4 Å². The molecule has 1 atom stereocenters. The van der Waals surface area contributed by atoms with E-state index in [0.717, 1.165) is 38.5 Å². The van der Waals surface area contributed by atoms with E-state index in [2.05, 4.69) is 15.5 Å². The van der Waals surface area contributed by atoms with Gasteiger partial charge < -0.3 is 15.4 Å². The summed E-state index contributed by atoms with van der Waals surface area (Å²) in [6, 6.07) is 0.627. The van der Waals surface area contributed by atoms with Crippen molar-refractivity contribution in [3.63, 3.8) is 0 Å². The zero-order chi connectivity index (χ0) is 14.2. The Balaban J connectivity index is 1.71. The molecule has 0 bridgehead atoms. The molecule has 20 heavy (non-hydrogen) atoms. The van der Waals surface area contributed by atoms with Gasteiger partial charge in [0.25, 0.3) is 0 Å². The first kappa shape index (κ1) is 15.7. The maximum atomic E-state index is 12.0. The van der Waals surface area contributed by atoms with E-state index in [-0.39, 0.29) is 5.91 Å². The average molecular weight is 283 g/mol. The normalized spacial score (nSPS) is 24.9. The summed E-state index contributed by atoms with van der Waals surface area (Å²) < 4.78 is 4.99. The highest BCUT2D eigenvalue weighted by molar-refractivity contribution is 5.78. The number of hydrogen-bond donors (Lipinski definition) is 2. The van der Waals surface area contributed by atoms with Gasteiger partial charge >= 0.3 is 0 Å². The summed E-state index contributed by atoms with van der Waals surface area (Å²) in [5.41, 5.74) is 0. The molecule has 0 radical (unpaired) electrons. The minimum Gasteiger partial charge on any atom is -0.385 e. The molecule has 2 aliphatic rings. The van der Waals surface area contributed by atoms with Crippen molar-refractivity contribution in [1.29, 1.82) is 0 Å². The number of nitrogens with one attached hydrogen (secondary N) is 2. The molecule has 2 N–H and O–H groups in total. The lowest BCUT2D eigenvalue weighted by molar-refractivity contribution is -0.122. The van der Waals surface area contributed by atoms with Gasteiger partial charge in [0.2, 0.25) is 5.91 Å². The molecule has 1 unspecified atom stereocenters. The van der Waals surface area contributed by atoms with Crippen LogP contribution in [0.5, 0.6) is 0 Å². The molecule has 0 aromatic rings. The first-order valence-electron chi connectivity index (χ1n) is 8.01. The molecule has 2 fully saturated rings. The van der Waals surface area contributed by atoms with E-state index in [0.29, 0.717) is 19.2 Å². The van der Waals surface area contributed by atoms with Gasteiger partial charge in [-0.3, -0.25) is 9.69 Å². The predicted octanol–water partition coefficient (Wildman–Crippen LogP) is 0.603. The minimum atomic E-state index is 0.168. The molecule has 116 valence electrons. The zero-order valence-corrected chi connectivity index (χ0v) is 12.7. The molecule has 2 rings (SSSR count). The third-order valence-electron chi connectivity index (χ3n) is 4.54. The van der Waals surface area contributed by atoms with Gasteiger partial charge in [0.15, 0.2) is 0 Å². The number of methoxy groups -OCH3 is 1. The Morgan fingerprint density at radius 3 is 2.90 bits per heavy atom. The number of likely N-dealkylation sites (tertiary alicyclic amines) is 1. The van der Waals surface area contributed by atoms with Crippen LogP contribution in [0.2, 0.25) is 0 Å². The first-order chi connectivity index (χ1) is 9.81. The number of carbonyl (C=O) groups is 1. The number of ether oxygens (including phenoxy) is 1. The van der Waals surface area contributed by atoms with Crippen LogP contribution in [-0.4, -0.2) is 63.3 Å². The second kappa shape index (κ2) is 8.60. The van der Waals surface area contributed by atoms with E-state index >= 15 is 0 Å². The Labute approximate surface area is 122 Å². The van der Waals surface area contributed by atoms with Crippen LogP contribution in [0.15, 0.2) is 0 Å². The molecule has 5 nitrogen and oxygen atoms in total. The predicted molar refractivity (Wildman–Crippen MR) is 79.7 cm³/mol. The molecule has 0 aromatic heterocycles. The fourth-order valence-corrected chi connectivity index (χ4v) is 3.50. The van der Waals surface area contributed by atoms with Crippen LogP contribution in [0.25, 0.3) is 0 Å². The van der Waals surface area contributed by atoms with Crippen molar-refractivity contribution in [2.45, 2.75) is 38.1 Å². The van der Waals surface area contributed by atoms with Gasteiger partial charge in [-0.05, 0) is 57.7 Å². The molecule has 5 heteroatoms. The largest absolute Gasteiger partial charge is 0.385 e. The minimum absolute atomic E-state index is 0.168. The number of carbonyl (C=O) groups excluding carboxylic acids is 1. The molecule has 2 heterocycles. The average Bonchev–Trinajstić information content (AvgIpc) is 2.92. The standard InChI is InChI=1S/C15H29N3O2/c1-20-11-3-7-17-15(19)12-18-10-2-4-14(18)13-5-8-16-9-6-13/h13-14,16H,2-12H2,1H3,(H,17,19). The Bertz CT molecular complexity index is 293. The van der Waals surface area contributed by atoms with E-state index in [1.54, 1.807) is 7.11 Å². The fourth-order valence-electron chi connectivity index (χ4n) is 3.50. The monoisotopic (exact) mass is 283 g/mol. The van der Waals surface area contributed by atoms with Crippen molar-refractivity contribution >= 4 is 5.91 Å². The van der Waals surface area contributed by atoms with Crippen molar-refractivity contribution in [2.24, 2.45) is 5.92 Å². The zero-order valence-electron chi connectivity index (χ0n) is 12.7. The van der Waals surface area contributed by atoms with Gasteiger partial charge in [-0.25, -0.2) is 0 Å². The second-order valence-corrected chi connectivity index (χ2v) is 5.96. The molecular formula is C15H29N3O2. The van der Waals surface area contributed by atoms with Gasteiger partial charge in [-0.2, -0.15) is 0 Å². The Hall–Kier alpha value is -0.650. The highest BCUT2D eigenvalue weighted by Gasteiger charge is 2.33. The highest BCUT2D eigenvalue weighted by Crippen LogP contribution is 2.29. The van der Waals surface area contributed by atoms with Gasteiger partial charge in [-0.15, -0.1) is 0 Å². The van der Waals surface area contributed by atoms with Crippen molar-refractivity contribution in [3.8, 4) is 0 Å². The Kier molecular flexibility index (Phi) is 6.76. The van der Waals surface area contributed by atoms with Crippen LogP contribution >= 0.6 is 0 Å². The van der Waals surface area contributed by atoms with Crippen molar-refractivity contribution in [3.05, 3.63) is 0 Å². The number of amides is 1. The second-order valence-electron chi connectivity index (χ2n) is 5.96. The molecule has 2 aliphatic heterocycles. The van der Waals surface area contributed by atoms with E-state index < -0.39 is 0 Å². The topological polar surface area (TPSA) is 53.6 Å². The first-order valence-corrected chi connectivity index (χ1v) is 8.01. The Morgan fingerprint density at radius 1 is 1.35 bits per heavy atom. The molecule has 1 amide bonds. The van der Waals surface area contributed by atoms with Crippen LogP contribution in [0, 0.1) is 5.92 Å². The highest BCUT2D eigenvalue weighted by atomic mass is 16.5. The summed E-state index contributed by atoms with van der Waals surface area (Å²) in [5.74, 6) is 0.946. The molecular weight excluding hydrogens is 254 g/mol. The summed E-state index contributed by atoms with van der Waals surface area (Å²) in [7, 11) is 1.69. The van der Waals surface area contributed by atoms with Crippen molar-refractivity contribution < 1.29 is 9.53 Å². The number of hydrogen-bond acceptors (Lipinski definition) is 4. The molecule has 0 saturated carbocycles. The number of nitrogens with zero attached hydrogens (tertiary/aromatic N) is 1. The Morgan fingerprint density at radius 2 is 2.15 bits per heavy atom. The molecule has 0 aromatic carbocycles. The lowest BCUT2D eigenvalue weighted by Crippen LogP contribution is -2.45. The van der Waals surface area contributed by atoms with Crippen molar-refractivity contribution in [1.82, 2.24) is 15.5 Å². The van der Waals surface area contributed by atoms with E-state index in [1.165, 1.54) is 25.7 Å². The maximum absolute atomic E-state index is 12.0. The van der Waals surface area contributed by atoms with E-state index in [4.69, 9.17) is 4.74 Å². The van der Waals surface area contributed by atoms with Gasteiger partial charge in [-0.1, -0.05) is 0 Å². The molecule has 0 spiro atoms. The summed E-state index contributed by atoms with van der Waals surface area (Å²) in [5, 5.41) is 6.42. The van der Waals surface area contributed by atoms with E-state index in [9.17, 15) is 4.79 Å². The SMILES string of the molecule is COCCCNC(=O)CN1CCCC1C1CCNCC1. The van der Waals surface area contributed by atoms with Gasteiger partial charge in [0, 0.05) is 26.3 Å². The quantitative estimate of drug-likeness (QED) is 0.672. The third-order valence-corrected chi connectivity index (χ3v) is 4.54. The maximum Gasteiger partial charge on any atom is 0.234 e. The summed E-state index contributed by atoms with van der Waals surface area (Å²) in [6.07, 6.45) is 5.92. The van der Waals surface area contributed by atoms with Gasteiger partial charge in [0.1, 0.15) is 0 Å². The summed E-state index contributed by atoms with van der Waals surface area (Å²) in [6.45, 7) is 5.36. The summed E-state index contributed by atoms with van der Waals surface area (Å²) in [4.78, 5) is 14.4. The van der Waals surface area contributed by atoms with Crippen LogP contribution in [0.4, 0.5) is 0 Å². The van der Waals surface area contributed by atoms with Gasteiger partial charge in [0.05, 0.1) is 6.54 Å². The van der Waals surface area contributed by atoms with Crippen LogP contribution < -0.4 is 10.6 Å². The van der Waals surface area contributed by atoms with Crippen LogP contribution in [0.1, 0.15) is 32.1 Å².